The summed E-state index contributed by atoms with van der Waals surface area (Å²) in [6, 6.07) is 15.5. The van der Waals surface area contributed by atoms with Crippen molar-refractivity contribution in [3.8, 4) is 17.1 Å². The third-order valence-electron chi connectivity index (χ3n) is 3.91. The van der Waals surface area contributed by atoms with Gasteiger partial charge in [-0.3, -0.25) is 0 Å². The lowest BCUT2D eigenvalue weighted by Gasteiger charge is -2.08. The molecule has 6 nitrogen and oxygen atoms in total. The van der Waals surface area contributed by atoms with Crippen LogP contribution < -0.4 is 10.1 Å². The number of fused-ring (bicyclic) bond motifs is 1. The second-order valence-electron chi connectivity index (χ2n) is 5.79. The molecule has 130 valence electrons. The largest absolute Gasteiger partial charge is 0.497 e. The van der Waals surface area contributed by atoms with Crippen molar-refractivity contribution in [1.29, 1.82) is 0 Å². The highest BCUT2D eigenvalue weighted by Gasteiger charge is 2.12. The van der Waals surface area contributed by atoms with E-state index in [1.165, 1.54) is 12.1 Å². The summed E-state index contributed by atoms with van der Waals surface area (Å²) in [4.78, 5) is 8.95. The first-order valence-corrected chi connectivity index (χ1v) is 8.04. The number of aromatic nitrogens is 4. The smallest absolute Gasteiger partial charge is 0.254 e. The number of rotatable bonds is 4. The third-order valence-corrected chi connectivity index (χ3v) is 3.91. The Kier molecular flexibility index (Phi) is 3.96. The highest BCUT2D eigenvalue weighted by molar-refractivity contribution is 5.62. The van der Waals surface area contributed by atoms with Gasteiger partial charge in [-0.15, -0.1) is 5.10 Å². The number of methoxy groups -OCH3 is 1. The van der Waals surface area contributed by atoms with Gasteiger partial charge in [-0.1, -0.05) is 0 Å². The zero-order valence-corrected chi connectivity index (χ0v) is 14.3. The Hall–Kier alpha value is -3.48. The normalized spacial score (nSPS) is 10.9. The average Bonchev–Trinajstić information content (AvgIpc) is 3.08. The van der Waals surface area contributed by atoms with Gasteiger partial charge in [-0.25, -0.2) is 9.37 Å². The van der Waals surface area contributed by atoms with Gasteiger partial charge in [0.25, 0.3) is 5.78 Å². The van der Waals surface area contributed by atoms with Crippen LogP contribution in [0.2, 0.25) is 0 Å². The number of halogens is 1. The first-order chi connectivity index (χ1) is 12.6. The van der Waals surface area contributed by atoms with Crippen LogP contribution in [0.15, 0.2) is 54.6 Å². The number of hydrogen-bond acceptors (Lipinski definition) is 5. The van der Waals surface area contributed by atoms with E-state index in [1.807, 2.05) is 37.3 Å². The van der Waals surface area contributed by atoms with Crippen molar-refractivity contribution in [3.05, 3.63) is 66.1 Å². The van der Waals surface area contributed by atoms with E-state index in [0.29, 0.717) is 17.4 Å². The summed E-state index contributed by atoms with van der Waals surface area (Å²) in [5, 5.41) is 7.79. The topological polar surface area (TPSA) is 64.3 Å². The number of hydrogen-bond donors (Lipinski definition) is 1. The van der Waals surface area contributed by atoms with Gasteiger partial charge < -0.3 is 10.1 Å². The Morgan fingerprint density at radius 2 is 1.73 bits per heavy atom. The minimum absolute atomic E-state index is 0.283. The van der Waals surface area contributed by atoms with E-state index in [0.717, 1.165) is 22.7 Å². The monoisotopic (exact) mass is 349 g/mol. The van der Waals surface area contributed by atoms with E-state index in [1.54, 1.807) is 23.8 Å². The van der Waals surface area contributed by atoms with Crippen LogP contribution in [-0.4, -0.2) is 26.7 Å². The second kappa shape index (κ2) is 6.44. The molecule has 0 amide bonds. The van der Waals surface area contributed by atoms with Crippen LogP contribution in [0, 0.1) is 12.7 Å². The van der Waals surface area contributed by atoms with Crippen LogP contribution in [0.25, 0.3) is 17.2 Å². The molecule has 0 radical (unpaired) electrons. The maximum atomic E-state index is 13.1. The van der Waals surface area contributed by atoms with Crippen molar-refractivity contribution in [1.82, 2.24) is 19.6 Å². The maximum Gasteiger partial charge on any atom is 0.254 e. The molecule has 0 unspecified atom stereocenters. The Bertz CT molecular complexity index is 1060. The predicted molar refractivity (Wildman–Crippen MR) is 97.2 cm³/mol. The molecule has 0 spiro atoms. The van der Waals surface area contributed by atoms with E-state index < -0.39 is 0 Å². The molecule has 0 fully saturated rings. The van der Waals surface area contributed by atoms with Gasteiger partial charge in [-0.2, -0.15) is 9.50 Å². The van der Waals surface area contributed by atoms with Crippen LogP contribution >= 0.6 is 0 Å². The molecule has 7 heteroatoms. The molecule has 1 N–H and O–H groups in total. The van der Waals surface area contributed by atoms with Crippen LogP contribution in [0.5, 0.6) is 5.75 Å². The van der Waals surface area contributed by atoms with E-state index in [9.17, 15) is 4.39 Å². The standard InChI is InChI=1S/C19H16FN5O/c1-12-11-17(22-15-7-5-14(20)6-8-15)25-19(21-12)23-18(24-25)13-3-9-16(26-2)10-4-13/h3-11,22H,1-2H3. The van der Waals surface area contributed by atoms with Crippen molar-refractivity contribution in [3.63, 3.8) is 0 Å². The van der Waals surface area contributed by atoms with E-state index in [2.05, 4.69) is 20.4 Å². The molecule has 0 saturated heterocycles. The summed E-state index contributed by atoms with van der Waals surface area (Å²) in [6.45, 7) is 1.89. The molecule has 4 aromatic rings. The lowest BCUT2D eigenvalue weighted by molar-refractivity contribution is 0.415. The van der Waals surface area contributed by atoms with Crippen molar-refractivity contribution < 1.29 is 9.13 Å². The van der Waals surface area contributed by atoms with Gasteiger partial charge in [0.2, 0.25) is 0 Å². The van der Waals surface area contributed by atoms with Crippen molar-refractivity contribution in [2.24, 2.45) is 0 Å². The van der Waals surface area contributed by atoms with E-state index in [-0.39, 0.29) is 5.82 Å². The summed E-state index contributed by atoms with van der Waals surface area (Å²) < 4.78 is 19.9. The van der Waals surface area contributed by atoms with E-state index in [4.69, 9.17) is 4.74 Å². The third kappa shape index (κ3) is 3.06. The molecule has 2 heterocycles. The number of benzene rings is 2. The molecule has 0 aliphatic rings. The molecular formula is C19H16FN5O. The minimum atomic E-state index is -0.283. The Morgan fingerprint density at radius 1 is 1.00 bits per heavy atom. The summed E-state index contributed by atoms with van der Waals surface area (Å²) in [5.41, 5.74) is 2.41. The molecule has 4 rings (SSSR count). The van der Waals surface area contributed by atoms with Crippen LogP contribution in [0.3, 0.4) is 0 Å². The van der Waals surface area contributed by atoms with Gasteiger partial charge in [0.15, 0.2) is 5.82 Å². The maximum absolute atomic E-state index is 13.1. The van der Waals surface area contributed by atoms with Crippen molar-refractivity contribution in [2.75, 3.05) is 12.4 Å². The predicted octanol–water partition coefficient (Wildman–Crippen LogP) is 3.99. The quantitative estimate of drug-likeness (QED) is 0.603. The molecule has 0 aliphatic carbocycles. The Morgan fingerprint density at radius 3 is 2.42 bits per heavy atom. The molecular weight excluding hydrogens is 333 g/mol. The highest BCUT2D eigenvalue weighted by atomic mass is 19.1. The summed E-state index contributed by atoms with van der Waals surface area (Å²) in [6.07, 6.45) is 0. The molecule has 2 aromatic heterocycles. The summed E-state index contributed by atoms with van der Waals surface area (Å²) in [5.74, 6) is 2.24. The van der Waals surface area contributed by atoms with Gasteiger partial charge in [0.1, 0.15) is 17.4 Å². The highest BCUT2D eigenvalue weighted by Crippen LogP contribution is 2.23. The summed E-state index contributed by atoms with van der Waals surface area (Å²) >= 11 is 0. The van der Waals surface area contributed by atoms with E-state index >= 15 is 0 Å². The van der Waals surface area contributed by atoms with Gasteiger partial charge in [-0.05, 0) is 55.5 Å². The molecule has 0 bridgehead atoms. The first-order valence-electron chi connectivity index (χ1n) is 8.04. The fraction of sp³-hybridized carbons (Fsp3) is 0.105. The average molecular weight is 349 g/mol. The number of anilines is 2. The Balaban J connectivity index is 1.75. The summed E-state index contributed by atoms with van der Waals surface area (Å²) in [7, 11) is 1.62. The SMILES string of the molecule is COc1ccc(-c2nc3nc(C)cc(Nc4ccc(F)cc4)n3n2)cc1. The number of nitrogens with one attached hydrogen (secondary N) is 1. The lowest BCUT2D eigenvalue weighted by atomic mass is 10.2. The van der Waals surface area contributed by atoms with Gasteiger partial charge in [0, 0.05) is 23.0 Å². The molecule has 2 aromatic carbocycles. The molecule has 26 heavy (non-hydrogen) atoms. The number of aryl methyl sites for hydroxylation is 1. The number of nitrogens with zero attached hydrogens (tertiary/aromatic N) is 4. The van der Waals surface area contributed by atoms with Crippen molar-refractivity contribution >= 4 is 17.3 Å². The second-order valence-corrected chi connectivity index (χ2v) is 5.79. The lowest BCUT2D eigenvalue weighted by Crippen LogP contribution is -2.02. The van der Waals surface area contributed by atoms with Crippen molar-refractivity contribution in [2.45, 2.75) is 6.92 Å². The fourth-order valence-electron chi connectivity index (χ4n) is 2.62. The fourth-order valence-corrected chi connectivity index (χ4v) is 2.62. The number of ether oxygens (including phenoxy) is 1. The van der Waals surface area contributed by atoms with Crippen LogP contribution in [0.1, 0.15) is 5.69 Å². The zero-order valence-electron chi connectivity index (χ0n) is 14.3. The minimum Gasteiger partial charge on any atom is -0.497 e. The molecule has 0 saturated carbocycles. The zero-order chi connectivity index (χ0) is 18.1. The van der Waals surface area contributed by atoms with Gasteiger partial charge in [0.05, 0.1) is 7.11 Å². The van der Waals surface area contributed by atoms with Crippen LogP contribution in [0.4, 0.5) is 15.9 Å². The van der Waals surface area contributed by atoms with Gasteiger partial charge >= 0.3 is 0 Å². The molecule has 0 aliphatic heterocycles. The first kappa shape index (κ1) is 16.0. The van der Waals surface area contributed by atoms with Crippen LogP contribution in [-0.2, 0) is 0 Å². The molecule has 0 atom stereocenters. The Labute approximate surface area is 149 Å².